The minimum Gasteiger partial charge on any atom is -0.352 e. The number of fused-ring (bicyclic) bond motifs is 2. The van der Waals surface area contributed by atoms with Gasteiger partial charge in [-0.25, -0.2) is 18.7 Å². The monoisotopic (exact) mass is 506 g/mol. The first-order valence-corrected chi connectivity index (χ1v) is 11.4. The van der Waals surface area contributed by atoms with Crippen molar-refractivity contribution in [3.8, 4) is 17.3 Å². The minimum atomic E-state index is -0.635. The van der Waals surface area contributed by atoms with Crippen LogP contribution in [0.2, 0.25) is 5.02 Å². The van der Waals surface area contributed by atoms with Gasteiger partial charge in [0.1, 0.15) is 29.2 Å². The average molecular weight is 507 g/mol. The Hall–Kier alpha value is -4.16. The van der Waals surface area contributed by atoms with Crippen molar-refractivity contribution in [1.29, 1.82) is 5.26 Å². The number of carbonyl (C=O) groups is 1. The number of benzene rings is 2. The van der Waals surface area contributed by atoms with E-state index in [0.717, 1.165) is 0 Å². The van der Waals surface area contributed by atoms with Gasteiger partial charge in [0.15, 0.2) is 5.82 Å². The zero-order chi connectivity index (χ0) is 25.8. The molecule has 3 heterocycles. The second-order valence-corrected chi connectivity index (χ2v) is 8.26. The molecular weight excluding hydrogens is 486 g/mol. The molecule has 0 atom stereocenters. The van der Waals surface area contributed by atoms with E-state index in [2.05, 4.69) is 21.5 Å². The van der Waals surface area contributed by atoms with Crippen LogP contribution in [-0.2, 0) is 4.79 Å². The molecule has 10 heteroatoms. The van der Waals surface area contributed by atoms with E-state index in [1.54, 1.807) is 35.2 Å². The lowest BCUT2D eigenvalue weighted by Gasteiger charge is -2.35. The number of halogens is 3. The van der Waals surface area contributed by atoms with Crippen LogP contribution in [0, 0.1) is 23.0 Å². The Morgan fingerprint density at radius 1 is 1.14 bits per heavy atom. The van der Waals surface area contributed by atoms with E-state index < -0.39 is 11.6 Å². The van der Waals surface area contributed by atoms with Gasteiger partial charge in [-0.2, -0.15) is 5.26 Å². The highest BCUT2D eigenvalue weighted by molar-refractivity contribution is 6.36. The lowest BCUT2D eigenvalue weighted by atomic mass is 10.0. The van der Waals surface area contributed by atoms with Gasteiger partial charge in [-0.1, -0.05) is 42.4 Å². The summed E-state index contributed by atoms with van der Waals surface area (Å²) >= 11 is 6.23. The Bertz CT molecular complexity index is 1510. The van der Waals surface area contributed by atoms with E-state index in [1.165, 1.54) is 31.6 Å². The number of nitrogens with zero attached hydrogens (tertiary/aromatic N) is 6. The molecule has 0 radical (unpaired) electrons. The standard InChI is InChI=1S/C24H18ClF2N5O.C2H3N/c1-2-18(33)31-8-10-32(11-9-31)24-16-12-28-22(21(27)23(16)29-13-30-24)15-5-3-4-14-6-7-17(26)20(25)19(14)15;1-2-3/h2-7,12-13H,1,8-11H2;1H3. The molecule has 0 spiro atoms. The van der Waals surface area contributed by atoms with E-state index in [4.69, 9.17) is 16.9 Å². The lowest BCUT2D eigenvalue weighted by molar-refractivity contribution is -0.126. The number of piperazine rings is 1. The molecule has 1 aliphatic rings. The first-order chi connectivity index (χ1) is 17.4. The Morgan fingerprint density at radius 2 is 1.86 bits per heavy atom. The van der Waals surface area contributed by atoms with Gasteiger partial charge in [-0.3, -0.25) is 9.78 Å². The smallest absolute Gasteiger partial charge is 0.246 e. The molecule has 1 amide bonds. The third-order valence-electron chi connectivity index (χ3n) is 5.86. The third-order valence-corrected chi connectivity index (χ3v) is 6.23. The maximum atomic E-state index is 15.7. The molecular formula is C26H21ClF2N6O. The van der Waals surface area contributed by atoms with E-state index in [0.29, 0.717) is 53.7 Å². The van der Waals surface area contributed by atoms with Crippen LogP contribution in [0.15, 0.2) is 55.5 Å². The van der Waals surface area contributed by atoms with Crippen molar-refractivity contribution < 1.29 is 13.6 Å². The highest BCUT2D eigenvalue weighted by Gasteiger charge is 2.24. The number of aromatic nitrogens is 3. The number of hydrogen-bond donors (Lipinski definition) is 0. The fraction of sp³-hybridized carbons (Fsp3) is 0.192. The van der Waals surface area contributed by atoms with Crippen LogP contribution in [0.4, 0.5) is 14.6 Å². The van der Waals surface area contributed by atoms with E-state index in [1.807, 2.05) is 4.90 Å². The summed E-state index contributed by atoms with van der Waals surface area (Å²) in [5.41, 5.74) is 0.527. The Morgan fingerprint density at radius 3 is 2.56 bits per heavy atom. The van der Waals surface area contributed by atoms with E-state index in [9.17, 15) is 9.18 Å². The fourth-order valence-corrected chi connectivity index (χ4v) is 4.47. The maximum absolute atomic E-state index is 15.7. The predicted molar refractivity (Wildman–Crippen MR) is 135 cm³/mol. The topological polar surface area (TPSA) is 86.0 Å². The molecule has 1 fully saturated rings. The largest absolute Gasteiger partial charge is 0.352 e. The van der Waals surface area contributed by atoms with Crippen LogP contribution in [-0.4, -0.2) is 51.9 Å². The second-order valence-electron chi connectivity index (χ2n) is 7.89. The van der Waals surface area contributed by atoms with E-state index >= 15 is 4.39 Å². The van der Waals surface area contributed by atoms with Crippen molar-refractivity contribution in [1.82, 2.24) is 19.9 Å². The van der Waals surface area contributed by atoms with Crippen LogP contribution in [0.5, 0.6) is 0 Å². The number of anilines is 1. The molecule has 0 N–H and O–H groups in total. The molecule has 0 aliphatic carbocycles. The van der Waals surface area contributed by atoms with Crippen molar-refractivity contribution in [3.05, 3.63) is 72.2 Å². The Labute approximate surface area is 211 Å². The van der Waals surface area contributed by atoms with Crippen LogP contribution in [0.3, 0.4) is 0 Å². The summed E-state index contributed by atoms with van der Waals surface area (Å²) in [5.74, 6) is -0.795. The molecule has 0 saturated carbocycles. The van der Waals surface area contributed by atoms with Crippen LogP contribution in [0.25, 0.3) is 32.9 Å². The quantitative estimate of drug-likeness (QED) is 0.358. The van der Waals surface area contributed by atoms with Gasteiger partial charge in [0.25, 0.3) is 0 Å². The molecule has 182 valence electrons. The highest BCUT2D eigenvalue weighted by Crippen LogP contribution is 2.37. The van der Waals surface area contributed by atoms with Gasteiger partial charge in [0, 0.05) is 50.2 Å². The summed E-state index contributed by atoms with van der Waals surface area (Å²) < 4.78 is 29.9. The molecule has 0 bridgehead atoms. The Kier molecular flexibility index (Phi) is 7.36. The highest BCUT2D eigenvalue weighted by atomic mass is 35.5. The van der Waals surface area contributed by atoms with Gasteiger partial charge in [0.2, 0.25) is 5.91 Å². The van der Waals surface area contributed by atoms with Crippen LogP contribution in [0.1, 0.15) is 6.92 Å². The average Bonchev–Trinajstić information content (AvgIpc) is 2.91. The molecule has 4 aromatic rings. The summed E-state index contributed by atoms with van der Waals surface area (Å²) in [7, 11) is 0. The predicted octanol–water partition coefficient (Wildman–Crippen LogP) is 5.14. The molecule has 5 rings (SSSR count). The molecule has 1 aliphatic heterocycles. The summed E-state index contributed by atoms with van der Waals surface area (Å²) in [4.78, 5) is 28.4. The number of rotatable bonds is 3. The first-order valence-electron chi connectivity index (χ1n) is 11.0. The zero-order valence-corrected chi connectivity index (χ0v) is 20.1. The molecule has 7 nitrogen and oxygen atoms in total. The van der Waals surface area contributed by atoms with Crippen LogP contribution >= 0.6 is 11.6 Å². The lowest BCUT2D eigenvalue weighted by Crippen LogP contribution is -2.48. The summed E-state index contributed by atoms with van der Waals surface area (Å²) in [6.45, 7) is 7.03. The van der Waals surface area contributed by atoms with Crippen molar-refractivity contribution in [2.75, 3.05) is 31.1 Å². The summed E-state index contributed by atoms with van der Waals surface area (Å²) in [6, 6.07) is 9.80. The van der Waals surface area contributed by atoms with Gasteiger partial charge >= 0.3 is 0 Å². The molecule has 0 unspecified atom stereocenters. The molecule has 2 aromatic carbocycles. The second kappa shape index (κ2) is 10.6. The number of carbonyl (C=O) groups excluding carboxylic acids is 1. The minimum absolute atomic E-state index is 0.0339. The van der Waals surface area contributed by atoms with Gasteiger partial charge < -0.3 is 9.80 Å². The summed E-state index contributed by atoms with van der Waals surface area (Å²) in [6.07, 6.45) is 4.12. The van der Waals surface area contributed by atoms with Gasteiger partial charge in [-0.05, 0) is 17.5 Å². The Balaban J connectivity index is 0.000000967. The van der Waals surface area contributed by atoms with E-state index in [-0.39, 0.29) is 22.1 Å². The zero-order valence-electron chi connectivity index (χ0n) is 19.4. The third kappa shape index (κ3) is 4.55. The molecule has 1 saturated heterocycles. The van der Waals surface area contributed by atoms with Crippen molar-refractivity contribution in [3.63, 3.8) is 0 Å². The fourth-order valence-electron chi connectivity index (χ4n) is 4.19. The number of amides is 1. The number of nitriles is 1. The van der Waals surface area contributed by atoms with Crippen molar-refractivity contribution in [2.45, 2.75) is 6.92 Å². The number of hydrogen-bond acceptors (Lipinski definition) is 6. The van der Waals surface area contributed by atoms with Crippen molar-refractivity contribution >= 4 is 45.0 Å². The first kappa shape index (κ1) is 24.9. The van der Waals surface area contributed by atoms with Gasteiger partial charge in [0.05, 0.1) is 16.5 Å². The normalized spacial score (nSPS) is 13.2. The van der Waals surface area contributed by atoms with Crippen molar-refractivity contribution in [2.24, 2.45) is 0 Å². The summed E-state index contributed by atoms with van der Waals surface area (Å²) in [5, 5.41) is 8.76. The SMILES string of the molecule is C=CC(=O)N1CCN(c2ncnc3c(F)c(-c4cccc5ccc(F)c(Cl)c45)ncc23)CC1.CC#N. The number of pyridine rings is 1. The van der Waals surface area contributed by atoms with Crippen LogP contribution < -0.4 is 4.90 Å². The molecule has 2 aromatic heterocycles. The maximum Gasteiger partial charge on any atom is 0.246 e. The molecule has 36 heavy (non-hydrogen) atoms. The van der Waals surface area contributed by atoms with Gasteiger partial charge in [-0.15, -0.1) is 0 Å².